The normalized spacial score (nSPS) is 18.4. The van der Waals surface area contributed by atoms with Gasteiger partial charge >= 0.3 is 0 Å². The highest BCUT2D eigenvalue weighted by Gasteiger charge is 2.26. The first-order valence-electron chi connectivity index (χ1n) is 5.88. The molecule has 3 heteroatoms. The summed E-state index contributed by atoms with van der Waals surface area (Å²) in [6.45, 7) is 5.95. The maximum atomic E-state index is 13.2. The van der Waals surface area contributed by atoms with Gasteiger partial charge in [-0.1, -0.05) is 13.0 Å². The predicted molar refractivity (Wildman–Crippen MR) is 65.1 cm³/mol. The number of benzene rings is 1. The fourth-order valence-corrected chi connectivity index (χ4v) is 2.30. The van der Waals surface area contributed by atoms with Gasteiger partial charge in [-0.05, 0) is 43.5 Å². The molecule has 2 atom stereocenters. The minimum Gasteiger partial charge on any atom is -0.368 e. The van der Waals surface area contributed by atoms with Crippen molar-refractivity contribution in [1.29, 1.82) is 0 Å². The van der Waals surface area contributed by atoms with Gasteiger partial charge in [-0.15, -0.1) is 0 Å². The zero-order chi connectivity index (χ0) is 11.7. The maximum Gasteiger partial charge on any atom is 0.125 e. The first-order valence-corrected chi connectivity index (χ1v) is 5.88. The Morgan fingerprint density at radius 2 is 2.19 bits per heavy atom. The van der Waals surface area contributed by atoms with Crippen LogP contribution in [0.15, 0.2) is 18.2 Å². The van der Waals surface area contributed by atoms with Crippen molar-refractivity contribution in [2.24, 2.45) is 11.7 Å². The summed E-state index contributed by atoms with van der Waals surface area (Å²) in [7, 11) is 0. The molecule has 1 aromatic rings. The van der Waals surface area contributed by atoms with Crippen LogP contribution in [0, 0.1) is 11.7 Å². The summed E-state index contributed by atoms with van der Waals surface area (Å²) < 4.78 is 13.2. The van der Waals surface area contributed by atoms with E-state index in [1.165, 1.54) is 5.56 Å². The molecule has 2 nitrogen and oxygen atoms in total. The Morgan fingerprint density at radius 1 is 1.44 bits per heavy atom. The molecule has 0 aromatic heterocycles. The number of fused-ring (bicyclic) bond motifs is 1. The molecule has 1 aliphatic rings. The third-order valence-corrected chi connectivity index (χ3v) is 3.67. The lowest BCUT2D eigenvalue weighted by molar-refractivity contribution is 0.465. The van der Waals surface area contributed by atoms with E-state index in [2.05, 4.69) is 18.7 Å². The van der Waals surface area contributed by atoms with E-state index in [0.29, 0.717) is 18.5 Å². The van der Waals surface area contributed by atoms with Crippen LogP contribution in [0.2, 0.25) is 0 Å². The van der Waals surface area contributed by atoms with E-state index in [4.69, 9.17) is 5.73 Å². The number of rotatable bonds is 3. The second-order valence-corrected chi connectivity index (χ2v) is 4.67. The number of hydrogen-bond acceptors (Lipinski definition) is 2. The highest BCUT2D eigenvalue weighted by atomic mass is 19.1. The SMILES string of the molecule is CC(CN)C(C)N1CCc2ccc(F)cc21. The van der Waals surface area contributed by atoms with Crippen molar-refractivity contribution in [3.63, 3.8) is 0 Å². The zero-order valence-electron chi connectivity index (χ0n) is 9.91. The van der Waals surface area contributed by atoms with E-state index in [-0.39, 0.29) is 5.82 Å². The molecule has 0 aliphatic carbocycles. The Bertz CT molecular complexity index is 378. The highest BCUT2D eigenvalue weighted by Crippen LogP contribution is 2.31. The third kappa shape index (κ3) is 1.92. The van der Waals surface area contributed by atoms with E-state index in [1.54, 1.807) is 12.1 Å². The first kappa shape index (κ1) is 11.4. The lowest BCUT2D eigenvalue weighted by Crippen LogP contribution is -2.39. The van der Waals surface area contributed by atoms with Crippen LogP contribution < -0.4 is 10.6 Å². The summed E-state index contributed by atoms with van der Waals surface area (Å²) in [4.78, 5) is 2.27. The van der Waals surface area contributed by atoms with Crippen molar-refractivity contribution in [2.45, 2.75) is 26.3 Å². The van der Waals surface area contributed by atoms with Gasteiger partial charge in [0.05, 0.1) is 0 Å². The van der Waals surface area contributed by atoms with Crippen LogP contribution in [-0.4, -0.2) is 19.1 Å². The largest absolute Gasteiger partial charge is 0.368 e. The minimum atomic E-state index is -0.154. The standard InChI is InChI=1S/C13H19FN2/c1-9(8-15)10(2)16-6-5-11-3-4-12(14)7-13(11)16/h3-4,7,9-10H,5-6,8,15H2,1-2H3. The second-order valence-electron chi connectivity index (χ2n) is 4.67. The monoisotopic (exact) mass is 222 g/mol. The molecule has 0 spiro atoms. The molecule has 2 N–H and O–H groups in total. The third-order valence-electron chi connectivity index (χ3n) is 3.67. The molecule has 16 heavy (non-hydrogen) atoms. The summed E-state index contributed by atoms with van der Waals surface area (Å²) in [5, 5.41) is 0. The Kier molecular flexibility index (Phi) is 3.15. The molecule has 2 rings (SSSR count). The molecular weight excluding hydrogens is 203 g/mol. The van der Waals surface area contributed by atoms with Gasteiger partial charge in [0, 0.05) is 18.3 Å². The van der Waals surface area contributed by atoms with Gasteiger partial charge in [0.25, 0.3) is 0 Å². The molecule has 88 valence electrons. The van der Waals surface area contributed by atoms with Gasteiger partial charge in [-0.3, -0.25) is 0 Å². The van der Waals surface area contributed by atoms with Gasteiger partial charge in [0.15, 0.2) is 0 Å². The molecule has 0 bridgehead atoms. The molecule has 0 radical (unpaired) electrons. The van der Waals surface area contributed by atoms with Gasteiger partial charge < -0.3 is 10.6 Å². The average molecular weight is 222 g/mol. The Morgan fingerprint density at radius 3 is 2.88 bits per heavy atom. The second kappa shape index (κ2) is 4.42. The lowest BCUT2D eigenvalue weighted by Gasteiger charge is -2.31. The van der Waals surface area contributed by atoms with Crippen molar-refractivity contribution >= 4 is 5.69 Å². The van der Waals surface area contributed by atoms with Crippen LogP contribution in [-0.2, 0) is 6.42 Å². The fraction of sp³-hybridized carbons (Fsp3) is 0.538. The summed E-state index contributed by atoms with van der Waals surface area (Å²) in [6.07, 6.45) is 1.01. The van der Waals surface area contributed by atoms with Crippen LogP contribution in [0.1, 0.15) is 19.4 Å². The zero-order valence-corrected chi connectivity index (χ0v) is 9.91. The molecule has 0 amide bonds. The molecule has 1 aromatic carbocycles. The smallest absolute Gasteiger partial charge is 0.125 e. The van der Waals surface area contributed by atoms with Crippen molar-refractivity contribution in [3.05, 3.63) is 29.6 Å². The summed E-state index contributed by atoms with van der Waals surface area (Å²) in [6, 6.07) is 5.44. The average Bonchev–Trinajstić information content (AvgIpc) is 2.69. The molecule has 0 saturated carbocycles. The van der Waals surface area contributed by atoms with E-state index >= 15 is 0 Å². The van der Waals surface area contributed by atoms with Crippen LogP contribution >= 0.6 is 0 Å². The summed E-state index contributed by atoms with van der Waals surface area (Å²) >= 11 is 0. The van der Waals surface area contributed by atoms with Gasteiger partial charge in [0.1, 0.15) is 5.82 Å². The van der Waals surface area contributed by atoms with Crippen molar-refractivity contribution < 1.29 is 4.39 Å². The molecule has 2 unspecified atom stereocenters. The molecule has 1 heterocycles. The molecule has 1 aliphatic heterocycles. The molecular formula is C13H19FN2. The van der Waals surface area contributed by atoms with Crippen LogP contribution in [0.25, 0.3) is 0 Å². The highest BCUT2D eigenvalue weighted by molar-refractivity contribution is 5.58. The van der Waals surface area contributed by atoms with Crippen molar-refractivity contribution in [1.82, 2.24) is 0 Å². The van der Waals surface area contributed by atoms with Gasteiger partial charge in [-0.25, -0.2) is 4.39 Å². The summed E-state index contributed by atoms with van der Waals surface area (Å²) in [5.41, 5.74) is 7.99. The van der Waals surface area contributed by atoms with Crippen molar-refractivity contribution in [2.75, 3.05) is 18.0 Å². The quantitative estimate of drug-likeness (QED) is 0.849. The Hall–Kier alpha value is -1.09. The molecule has 0 saturated heterocycles. The Labute approximate surface area is 96.2 Å². The van der Waals surface area contributed by atoms with Crippen molar-refractivity contribution in [3.8, 4) is 0 Å². The van der Waals surface area contributed by atoms with E-state index in [9.17, 15) is 4.39 Å². The van der Waals surface area contributed by atoms with E-state index in [1.807, 2.05) is 6.07 Å². The minimum absolute atomic E-state index is 0.154. The summed E-state index contributed by atoms with van der Waals surface area (Å²) in [5.74, 6) is 0.271. The molecule has 0 fully saturated rings. The maximum absolute atomic E-state index is 13.2. The van der Waals surface area contributed by atoms with E-state index in [0.717, 1.165) is 18.7 Å². The van der Waals surface area contributed by atoms with Crippen LogP contribution in [0.3, 0.4) is 0 Å². The predicted octanol–water partition coefficient (Wildman–Crippen LogP) is 2.17. The van der Waals surface area contributed by atoms with Gasteiger partial charge in [0.2, 0.25) is 0 Å². The topological polar surface area (TPSA) is 29.3 Å². The van der Waals surface area contributed by atoms with Crippen LogP contribution in [0.4, 0.5) is 10.1 Å². The lowest BCUT2D eigenvalue weighted by atomic mass is 10.0. The number of nitrogens with zero attached hydrogens (tertiary/aromatic N) is 1. The number of anilines is 1. The Balaban J connectivity index is 2.25. The number of halogens is 1. The fourth-order valence-electron chi connectivity index (χ4n) is 2.30. The number of hydrogen-bond donors (Lipinski definition) is 1. The van der Waals surface area contributed by atoms with E-state index < -0.39 is 0 Å². The van der Waals surface area contributed by atoms with Crippen LogP contribution in [0.5, 0.6) is 0 Å². The number of nitrogens with two attached hydrogens (primary N) is 1. The first-order chi connectivity index (χ1) is 7.63. The van der Waals surface area contributed by atoms with Gasteiger partial charge in [-0.2, -0.15) is 0 Å².